The van der Waals surface area contributed by atoms with Crippen LogP contribution >= 0.6 is 0 Å². The van der Waals surface area contributed by atoms with Crippen molar-refractivity contribution in [1.29, 1.82) is 0 Å². The summed E-state index contributed by atoms with van der Waals surface area (Å²) < 4.78 is 0. The lowest BCUT2D eigenvalue weighted by Crippen LogP contribution is -2.62. The minimum atomic E-state index is -0.940. The van der Waals surface area contributed by atoms with Crippen LogP contribution in [0.5, 0.6) is 0 Å². The zero-order valence-corrected chi connectivity index (χ0v) is 23.5. The van der Waals surface area contributed by atoms with Gasteiger partial charge in [-0.25, -0.2) is 9.78 Å². The Morgan fingerprint density at radius 2 is 1.82 bits per heavy atom. The molecule has 1 aromatic heterocycles. The third-order valence-corrected chi connectivity index (χ3v) is 12.5. The molecule has 0 aliphatic heterocycles. The van der Waals surface area contributed by atoms with Crippen LogP contribution in [0, 0.1) is 52.3 Å². The molecule has 11 atom stereocenters. The number of hydrogen-bond acceptors (Lipinski definition) is 4. The van der Waals surface area contributed by atoms with Gasteiger partial charge in [-0.05, 0) is 109 Å². The van der Waals surface area contributed by atoms with E-state index >= 15 is 0 Å². The van der Waals surface area contributed by atoms with Crippen molar-refractivity contribution < 1.29 is 20.1 Å². The number of aromatic amines is 1. The smallest absolute Gasteiger partial charge is 0.337 e. The average Bonchev–Trinajstić information content (AvgIpc) is 3.45. The molecular formula is C32H46N2O4. The Bertz CT molecular complexity index is 1210. The summed E-state index contributed by atoms with van der Waals surface area (Å²) in [4.78, 5) is 19.8. The zero-order valence-electron chi connectivity index (χ0n) is 23.5. The van der Waals surface area contributed by atoms with E-state index in [1.54, 1.807) is 12.1 Å². The maximum atomic E-state index is 11.9. The summed E-state index contributed by atoms with van der Waals surface area (Å²) in [7, 11) is 0. The third kappa shape index (κ3) is 3.80. The fourth-order valence-corrected chi connectivity index (χ4v) is 10.7. The van der Waals surface area contributed by atoms with Crippen LogP contribution < -0.4 is 0 Å². The lowest BCUT2D eigenvalue weighted by atomic mass is 9.41. The van der Waals surface area contributed by atoms with Crippen LogP contribution in [0.1, 0.15) is 95.2 Å². The summed E-state index contributed by atoms with van der Waals surface area (Å²) in [5.41, 5.74) is 2.03. The number of benzene rings is 1. The summed E-state index contributed by atoms with van der Waals surface area (Å²) in [5, 5.41) is 32.0. The molecule has 4 saturated carbocycles. The molecule has 0 unspecified atom stereocenters. The number of hydrogen-bond donors (Lipinski definition) is 4. The number of para-hydroxylation sites is 1. The second-order valence-corrected chi connectivity index (χ2v) is 14.0. The molecule has 4 aliphatic carbocycles. The number of imidazole rings is 1. The van der Waals surface area contributed by atoms with Gasteiger partial charge in [-0.15, -0.1) is 0 Å². The van der Waals surface area contributed by atoms with Crippen molar-refractivity contribution in [2.45, 2.75) is 97.7 Å². The molecule has 38 heavy (non-hydrogen) atoms. The molecule has 1 heterocycles. The van der Waals surface area contributed by atoms with Crippen molar-refractivity contribution in [2.24, 2.45) is 52.3 Å². The van der Waals surface area contributed by atoms with E-state index in [0.717, 1.165) is 43.4 Å². The number of carboxylic acid groups (broad SMARTS) is 1. The van der Waals surface area contributed by atoms with Crippen molar-refractivity contribution in [3.05, 3.63) is 29.6 Å². The predicted molar refractivity (Wildman–Crippen MR) is 148 cm³/mol. The van der Waals surface area contributed by atoms with Crippen molar-refractivity contribution in [3.63, 3.8) is 0 Å². The highest BCUT2D eigenvalue weighted by Crippen LogP contribution is 2.69. The Morgan fingerprint density at radius 1 is 1.08 bits per heavy atom. The van der Waals surface area contributed by atoms with Crippen LogP contribution in [0.4, 0.5) is 0 Å². The number of fused-ring (bicyclic) bond motifs is 6. The second kappa shape index (κ2) is 9.33. The van der Waals surface area contributed by atoms with Crippen molar-refractivity contribution in [3.8, 4) is 0 Å². The fraction of sp³-hybridized carbons (Fsp3) is 0.750. The number of rotatable bonds is 5. The van der Waals surface area contributed by atoms with Crippen molar-refractivity contribution in [1.82, 2.24) is 9.97 Å². The minimum Gasteiger partial charge on any atom is -0.478 e. The monoisotopic (exact) mass is 522 g/mol. The standard InChI is InChI=1S/C32H46N2O4/c1-5-19-24-16-18(35)11-13-32(24,4)23-12-14-31(3)21(9-10-22(31)27(23)29(19)36)17(2)15-26-33-25-8-6-7-20(30(37)38)28(25)34-26/h6-8,17-19,21-24,27,29,35-36H,5,9-16H2,1-4H3,(H,33,34)(H,37,38)/t17-,18-,19-,21-,22+,23+,24+,27+,29-,31-,32-/m1/s1. The molecule has 0 bridgehead atoms. The number of nitrogens with zero attached hydrogens (tertiary/aromatic N) is 1. The van der Waals surface area contributed by atoms with Crippen LogP contribution in [0.25, 0.3) is 11.0 Å². The normalized spacial score (nSPS) is 43.3. The van der Waals surface area contributed by atoms with E-state index in [0.29, 0.717) is 41.0 Å². The molecule has 2 aromatic rings. The van der Waals surface area contributed by atoms with Gasteiger partial charge in [-0.2, -0.15) is 0 Å². The number of aliphatic hydroxyl groups is 2. The summed E-state index contributed by atoms with van der Waals surface area (Å²) in [6.07, 6.45) is 8.97. The summed E-state index contributed by atoms with van der Waals surface area (Å²) in [5.74, 6) is 3.08. The molecule has 4 fully saturated rings. The quantitative estimate of drug-likeness (QED) is 0.382. The number of aliphatic hydroxyl groups excluding tert-OH is 2. The van der Waals surface area contributed by atoms with E-state index in [4.69, 9.17) is 4.98 Å². The topological polar surface area (TPSA) is 106 Å². The van der Waals surface area contributed by atoms with Gasteiger partial charge in [0.15, 0.2) is 0 Å². The van der Waals surface area contributed by atoms with Crippen LogP contribution in [0.3, 0.4) is 0 Å². The van der Waals surface area contributed by atoms with Crippen LogP contribution in [0.2, 0.25) is 0 Å². The number of carbonyl (C=O) groups is 1. The van der Waals surface area contributed by atoms with E-state index in [-0.39, 0.29) is 34.5 Å². The molecule has 1 aromatic carbocycles. The SMILES string of the molecule is CC[C@H]1[C@@H](O)[C@@H]2[C@H](CC[C@]3(C)[C@@H]([C@H](C)Cc4nc5c(C(=O)O)cccc5[nH]4)CC[C@@H]23)[C@@]2(C)CC[C@@H](O)C[C@@H]12. The summed E-state index contributed by atoms with van der Waals surface area (Å²) >= 11 is 0. The Labute approximate surface area is 226 Å². The Hall–Kier alpha value is -1.92. The van der Waals surface area contributed by atoms with Gasteiger partial charge in [0.2, 0.25) is 0 Å². The van der Waals surface area contributed by atoms with Gasteiger partial charge in [0.05, 0.1) is 23.3 Å². The third-order valence-electron chi connectivity index (χ3n) is 12.5. The molecule has 0 radical (unpaired) electrons. The van der Waals surface area contributed by atoms with E-state index in [2.05, 4.69) is 32.7 Å². The average molecular weight is 523 g/mol. The number of carboxylic acids is 1. The summed E-state index contributed by atoms with van der Waals surface area (Å²) in [6, 6.07) is 5.30. The lowest BCUT2D eigenvalue weighted by Gasteiger charge is -2.64. The first-order valence-corrected chi connectivity index (χ1v) is 15.2. The zero-order chi connectivity index (χ0) is 27.0. The Balaban J connectivity index is 1.26. The van der Waals surface area contributed by atoms with Gasteiger partial charge in [0.25, 0.3) is 0 Å². The van der Waals surface area contributed by atoms with Crippen LogP contribution in [-0.2, 0) is 6.42 Å². The van der Waals surface area contributed by atoms with Gasteiger partial charge < -0.3 is 20.3 Å². The van der Waals surface area contributed by atoms with Gasteiger partial charge in [-0.1, -0.05) is 40.2 Å². The molecule has 6 rings (SSSR count). The second-order valence-electron chi connectivity index (χ2n) is 14.0. The lowest BCUT2D eigenvalue weighted by molar-refractivity contribution is -0.203. The van der Waals surface area contributed by atoms with E-state index in [1.807, 2.05) is 6.07 Å². The number of nitrogens with one attached hydrogen (secondary N) is 1. The maximum Gasteiger partial charge on any atom is 0.337 e. The molecular weight excluding hydrogens is 476 g/mol. The van der Waals surface area contributed by atoms with Crippen molar-refractivity contribution in [2.75, 3.05) is 0 Å². The minimum absolute atomic E-state index is 0.204. The molecule has 4 aliphatic rings. The Kier molecular flexibility index (Phi) is 6.46. The molecule has 0 spiro atoms. The van der Waals surface area contributed by atoms with Crippen LogP contribution in [0.15, 0.2) is 18.2 Å². The highest BCUT2D eigenvalue weighted by atomic mass is 16.4. The van der Waals surface area contributed by atoms with Crippen molar-refractivity contribution >= 4 is 17.0 Å². The number of aromatic nitrogens is 2. The van der Waals surface area contributed by atoms with Gasteiger partial charge in [0.1, 0.15) is 11.3 Å². The highest BCUT2D eigenvalue weighted by Gasteiger charge is 2.64. The number of H-pyrrole nitrogens is 1. The molecule has 6 nitrogen and oxygen atoms in total. The number of aromatic carboxylic acids is 1. The molecule has 0 saturated heterocycles. The van der Waals surface area contributed by atoms with Crippen LogP contribution in [-0.4, -0.2) is 43.5 Å². The molecule has 0 amide bonds. The molecule has 6 heteroatoms. The van der Waals surface area contributed by atoms with Gasteiger partial charge >= 0.3 is 5.97 Å². The van der Waals surface area contributed by atoms with E-state index in [9.17, 15) is 20.1 Å². The fourth-order valence-electron chi connectivity index (χ4n) is 10.7. The predicted octanol–water partition coefficient (Wildman–Crippen LogP) is 6.07. The molecule has 4 N–H and O–H groups in total. The Morgan fingerprint density at radius 3 is 2.55 bits per heavy atom. The first-order valence-electron chi connectivity index (χ1n) is 15.2. The first kappa shape index (κ1) is 26.3. The van der Waals surface area contributed by atoms with Gasteiger partial charge in [0, 0.05) is 6.42 Å². The van der Waals surface area contributed by atoms with E-state index in [1.165, 1.54) is 25.7 Å². The highest BCUT2D eigenvalue weighted by molar-refractivity contribution is 6.00. The first-order chi connectivity index (χ1) is 18.1. The molecule has 208 valence electrons. The van der Waals surface area contributed by atoms with Gasteiger partial charge in [-0.3, -0.25) is 0 Å². The van der Waals surface area contributed by atoms with E-state index < -0.39 is 5.97 Å². The maximum absolute atomic E-state index is 11.9. The largest absolute Gasteiger partial charge is 0.478 e. The summed E-state index contributed by atoms with van der Waals surface area (Å²) in [6.45, 7) is 9.60.